The summed E-state index contributed by atoms with van der Waals surface area (Å²) >= 11 is 0. The van der Waals surface area contributed by atoms with Crippen LogP contribution in [0.1, 0.15) is 21.6 Å². The zero-order valence-electron chi connectivity index (χ0n) is 14.6. The Morgan fingerprint density at radius 1 is 1.22 bits per heavy atom. The standard InChI is InChI=1S/C21H17FN2O3/c1-3-7-16-13(2)23-19(14-8-5-4-6-9-14)24-20(16)27-15-10-11-17(21(25)26)18(22)12-15/h3-6,8-12H,1,7H2,2H3,(H,25,26). The van der Waals surface area contributed by atoms with Crippen molar-refractivity contribution in [3.63, 3.8) is 0 Å². The van der Waals surface area contributed by atoms with E-state index in [9.17, 15) is 9.18 Å². The van der Waals surface area contributed by atoms with Crippen molar-refractivity contribution in [3.05, 3.63) is 83.8 Å². The average Bonchev–Trinajstić information content (AvgIpc) is 2.65. The van der Waals surface area contributed by atoms with Gasteiger partial charge in [0, 0.05) is 22.9 Å². The van der Waals surface area contributed by atoms with Gasteiger partial charge in [-0.1, -0.05) is 36.4 Å². The molecule has 1 heterocycles. The Bertz CT molecular complexity index is 1000. The van der Waals surface area contributed by atoms with Crippen LogP contribution in [-0.4, -0.2) is 21.0 Å². The van der Waals surface area contributed by atoms with Gasteiger partial charge >= 0.3 is 5.97 Å². The van der Waals surface area contributed by atoms with Crippen LogP contribution in [0.4, 0.5) is 4.39 Å². The van der Waals surface area contributed by atoms with Crippen LogP contribution in [0.5, 0.6) is 11.6 Å². The van der Waals surface area contributed by atoms with Crippen molar-refractivity contribution in [1.29, 1.82) is 0 Å². The van der Waals surface area contributed by atoms with Gasteiger partial charge in [-0.25, -0.2) is 14.2 Å². The number of rotatable bonds is 6. The van der Waals surface area contributed by atoms with E-state index in [1.165, 1.54) is 6.07 Å². The molecular weight excluding hydrogens is 347 g/mol. The fourth-order valence-corrected chi connectivity index (χ4v) is 2.59. The number of allylic oxidation sites excluding steroid dienone is 1. The van der Waals surface area contributed by atoms with Gasteiger partial charge in [-0.05, 0) is 25.5 Å². The summed E-state index contributed by atoms with van der Waals surface area (Å²) in [6, 6.07) is 13.0. The van der Waals surface area contributed by atoms with Crippen LogP contribution in [0.2, 0.25) is 0 Å². The van der Waals surface area contributed by atoms with Gasteiger partial charge in [0.2, 0.25) is 5.88 Å². The van der Waals surface area contributed by atoms with Crippen molar-refractivity contribution in [3.8, 4) is 23.0 Å². The summed E-state index contributed by atoms with van der Waals surface area (Å²) in [4.78, 5) is 20.0. The number of carboxylic acid groups (broad SMARTS) is 1. The van der Waals surface area contributed by atoms with Gasteiger partial charge in [0.15, 0.2) is 5.82 Å². The van der Waals surface area contributed by atoms with E-state index in [4.69, 9.17) is 9.84 Å². The second-order valence-electron chi connectivity index (χ2n) is 5.82. The largest absolute Gasteiger partial charge is 0.478 e. The molecule has 0 aliphatic heterocycles. The maximum Gasteiger partial charge on any atom is 0.338 e. The van der Waals surface area contributed by atoms with Crippen LogP contribution >= 0.6 is 0 Å². The van der Waals surface area contributed by atoms with Crippen LogP contribution in [0, 0.1) is 12.7 Å². The highest BCUT2D eigenvalue weighted by Crippen LogP contribution is 2.29. The van der Waals surface area contributed by atoms with E-state index in [-0.39, 0.29) is 11.6 Å². The number of carboxylic acids is 1. The number of hydrogen-bond donors (Lipinski definition) is 1. The number of carbonyl (C=O) groups is 1. The van der Waals surface area contributed by atoms with E-state index >= 15 is 0 Å². The lowest BCUT2D eigenvalue weighted by molar-refractivity contribution is 0.0692. The summed E-state index contributed by atoms with van der Waals surface area (Å²) in [6.07, 6.45) is 2.18. The topological polar surface area (TPSA) is 72.3 Å². The average molecular weight is 364 g/mol. The lowest BCUT2D eigenvalue weighted by atomic mass is 10.1. The fraction of sp³-hybridized carbons (Fsp3) is 0.0952. The second kappa shape index (κ2) is 7.78. The molecular formula is C21H17FN2O3. The van der Waals surface area contributed by atoms with Gasteiger partial charge in [-0.15, -0.1) is 6.58 Å². The molecule has 0 fully saturated rings. The molecule has 0 radical (unpaired) electrons. The number of ether oxygens (including phenoxy) is 1. The normalized spacial score (nSPS) is 10.4. The molecule has 0 spiro atoms. The molecule has 0 aliphatic rings. The molecule has 3 aromatic rings. The molecule has 0 amide bonds. The van der Waals surface area contributed by atoms with Crippen molar-refractivity contribution in [2.45, 2.75) is 13.3 Å². The highest BCUT2D eigenvalue weighted by Gasteiger charge is 2.16. The molecule has 2 aromatic carbocycles. The molecule has 1 N–H and O–H groups in total. The Hall–Kier alpha value is -3.54. The number of aromatic nitrogens is 2. The first-order valence-corrected chi connectivity index (χ1v) is 8.24. The van der Waals surface area contributed by atoms with Gasteiger partial charge < -0.3 is 9.84 Å². The lowest BCUT2D eigenvalue weighted by Crippen LogP contribution is -2.04. The third-order valence-corrected chi connectivity index (χ3v) is 3.94. The number of aromatic carboxylic acids is 1. The smallest absolute Gasteiger partial charge is 0.338 e. The van der Waals surface area contributed by atoms with Crippen molar-refractivity contribution in [2.75, 3.05) is 0 Å². The Morgan fingerprint density at radius 3 is 2.59 bits per heavy atom. The molecule has 136 valence electrons. The zero-order chi connectivity index (χ0) is 19.4. The van der Waals surface area contributed by atoms with Gasteiger partial charge in [-0.3, -0.25) is 0 Å². The zero-order valence-corrected chi connectivity index (χ0v) is 14.6. The van der Waals surface area contributed by atoms with Crippen molar-refractivity contribution < 1.29 is 19.0 Å². The molecule has 0 saturated carbocycles. The van der Waals surface area contributed by atoms with Gasteiger partial charge in [-0.2, -0.15) is 4.98 Å². The highest BCUT2D eigenvalue weighted by molar-refractivity contribution is 5.88. The number of hydrogen-bond acceptors (Lipinski definition) is 4. The van der Waals surface area contributed by atoms with E-state index in [0.717, 1.165) is 29.0 Å². The Labute approximate surface area is 155 Å². The maximum absolute atomic E-state index is 14.0. The summed E-state index contributed by atoms with van der Waals surface area (Å²) < 4.78 is 19.8. The van der Waals surface area contributed by atoms with Crippen LogP contribution < -0.4 is 4.74 Å². The number of halogens is 1. The predicted octanol–water partition coefficient (Wildman–Crippen LogP) is 4.81. The number of aryl methyl sites for hydroxylation is 1. The summed E-state index contributed by atoms with van der Waals surface area (Å²) in [5.74, 6) is -1.29. The second-order valence-corrected chi connectivity index (χ2v) is 5.82. The minimum absolute atomic E-state index is 0.153. The van der Waals surface area contributed by atoms with Gasteiger partial charge in [0.05, 0.1) is 5.56 Å². The number of nitrogens with zero attached hydrogens (tertiary/aromatic N) is 2. The van der Waals surface area contributed by atoms with Crippen LogP contribution in [0.25, 0.3) is 11.4 Å². The molecule has 0 atom stereocenters. The van der Waals surface area contributed by atoms with Gasteiger partial charge in [0.1, 0.15) is 11.6 Å². The molecule has 0 unspecified atom stereocenters. The third kappa shape index (κ3) is 4.00. The molecule has 0 bridgehead atoms. The minimum atomic E-state index is -1.34. The molecule has 6 heteroatoms. The van der Waals surface area contributed by atoms with Crippen LogP contribution in [0.15, 0.2) is 61.2 Å². The van der Waals surface area contributed by atoms with E-state index in [1.54, 1.807) is 6.08 Å². The molecule has 3 rings (SSSR count). The van der Waals surface area contributed by atoms with Crippen molar-refractivity contribution in [2.24, 2.45) is 0 Å². The molecule has 0 saturated heterocycles. The van der Waals surface area contributed by atoms with Crippen LogP contribution in [-0.2, 0) is 6.42 Å². The Morgan fingerprint density at radius 2 is 1.96 bits per heavy atom. The molecule has 5 nitrogen and oxygen atoms in total. The molecule has 0 aliphatic carbocycles. The van der Waals surface area contributed by atoms with Crippen molar-refractivity contribution >= 4 is 5.97 Å². The quantitative estimate of drug-likeness (QED) is 0.636. The Balaban J connectivity index is 2.05. The molecule has 1 aromatic heterocycles. The Kier molecular flexibility index (Phi) is 5.26. The molecule has 27 heavy (non-hydrogen) atoms. The number of benzene rings is 2. The summed E-state index contributed by atoms with van der Waals surface area (Å²) in [5.41, 5.74) is 1.86. The summed E-state index contributed by atoms with van der Waals surface area (Å²) in [7, 11) is 0. The summed E-state index contributed by atoms with van der Waals surface area (Å²) in [5, 5.41) is 8.95. The van der Waals surface area contributed by atoms with Crippen LogP contribution in [0.3, 0.4) is 0 Å². The lowest BCUT2D eigenvalue weighted by Gasteiger charge is -2.13. The highest BCUT2D eigenvalue weighted by atomic mass is 19.1. The first-order chi connectivity index (χ1) is 13.0. The minimum Gasteiger partial charge on any atom is -0.478 e. The van der Waals surface area contributed by atoms with Gasteiger partial charge in [0.25, 0.3) is 0 Å². The third-order valence-electron chi connectivity index (χ3n) is 3.94. The SMILES string of the molecule is C=CCc1c(C)nc(-c2ccccc2)nc1Oc1ccc(C(=O)O)c(F)c1. The predicted molar refractivity (Wildman–Crippen MR) is 99.5 cm³/mol. The van der Waals surface area contributed by atoms with E-state index in [0.29, 0.717) is 12.2 Å². The monoisotopic (exact) mass is 364 g/mol. The van der Waals surface area contributed by atoms with Crippen molar-refractivity contribution in [1.82, 2.24) is 9.97 Å². The first-order valence-electron chi connectivity index (χ1n) is 8.24. The van der Waals surface area contributed by atoms with E-state index < -0.39 is 17.3 Å². The summed E-state index contributed by atoms with van der Waals surface area (Å²) in [6.45, 7) is 5.58. The maximum atomic E-state index is 14.0. The fourth-order valence-electron chi connectivity index (χ4n) is 2.59. The first kappa shape index (κ1) is 18.3. The van der Waals surface area contributed by atoms with E-state index in [2.05, 4.69) is 16.5 Å². The van der Waals surface area contributed by atoms with E-state index in [1.807, 2.05) is 37.3 Å².